The summed E-state index contributed by atoms with van der Waals surface area (Å²) in [6.45, 7) is 7.39. The van der Waals surface area contributed by atoms with Crippen molar-refractivity contribution in [2.24, 2.45) is 40.4 Å². The van der Waals surface area contributed by atoms with Crippen LogP contribution in [0.1, 0.15) is 72.6 Å². The van der Waals surface area contributed by atoms with Crippen LogP contribution >= 0.6 is 0 Å². The lowest BCUT2D eigenvalue weighted by molar-refractivity contribution is -0.209. The minimum atomic E-state index is -1.28. The Hall–Kier alpha value is -2.09. The fourth-order valence-electron chi connectivity index (χ4n) is 9.28. The SMILES string of the molecule is CC(C)C(=O)OCC(=O)[C@@]12O[C@H]([C@@H]3CC=CCC3)O[C@@H]1C[C@H]1[C@@H]3CCC4=CC(=O)C=C[C@]4(C)[C@H]3[C@@H](O)C[C@@]12C. The second-order valence-electron chi connectivity index (χ2n) is 13.5. The summed E-state index contributed by atoms with van der Waals surface area (Å²) in [5.74, 6) is -0.631. The van der Waals surface area contributed by atoms with Crippen molar-refractivity contribution in [3.8, 4) is 0 Å². The Morgan fingerprint density at radius 1 is 1.21 bits per heavy atom. The molecule has 0 aromatic carbocycles. The van der Waals surface area contributed by atoms with E-state index >= 15 is 0 Å². The Kier molecular flexibility index (Phi) is 6.59. The van der Waals surface area contributed by atoms with Gasteiger partial charge in [0, 0.05) is 22.7 Å². The van der Waals surface area contributed by atoms with E-state index in [1.807, 2.05) is 6.08 Å². The number of hydrogen-bond donors (Lipinski definition) is 1. The molecule has 0 aromatic heterocycles. The zero-order valence-corrected chi connectivity index (χ0v) is 23.6. The maximum Gasteiger partial charge on any atom is 0.308 e. The molecule has 1 heterocycles. The van der Waals surface area contributed by atoms with Crippen LogP contribution in [0.3, 0.4) is 0 Å². The van der Waals surface area contributed by atoms with Crippen LogP contribution in [0.15, 0.2) is 36.0 Å². The smallest absolute Gasteiger partial charge is 0.308 e. The molecule has 1 saturated heterocycles. The predicted octanol–water partition coefficient (Wildman–Crippen LogP) is 4.48. The molecule has 1 N–H and O–H groups in total. The van der Waals surface area contributed by atoms with Crippen LogP contribution in [-0.4, -0.2) is 53.3 Å². The molecule has 212 valence electrons. The van der Waals surface area contributed by atoms with Crippen LogP contribution < -0.4 is 0 Å². The summed E-state index contributed by atoms with van der Waals surface area (Å²) >= 11 is 0. The van der Waals surface area contributed by atoms with Crippen molar-refractivity contribution in [2.75, 3.05) is 6.61 Å². The third kappa shape index (κ3) is 3.90. The highest BCUT2D eigenvalue weighted by atomic mass is 16.7. The molecule has 6 rings (SSSR count). The van der Waals surface area contributed by atoms with Crippen LogP contribution in [0, 0.1) is 40.4 Å². The quantitative estimate of drug-likeness (QED) is 0.407. The lowest BCUT2D eigenvalue weighted by atomic mass is 9.46. The first-order valence-electron chi connectivity index (χ1n) is 14.8. The van der Waals surface area contributed by atoms with Gasteiger partial charge in [-0.15, -0.1) is 0 Å². The van der Waals surface area contributed by atoms with Crippen LogP contribution in [-0.2, 0) is 28.6 Å². The van der Waals surface area contributed by atoms with Crippen LogP contribution in [0.4, 0.5) is 0 Å². The average molecular weight is 539 g/mol. The number of ether oxygens (including phenoxy) is 3. The van der Waals surface area contributed by atoms with Crippen molar-refractivity contribution in [1.82, 2.24) is 0 Å². The van der Waals surface area contributed by atoms with E-state index in [-0.39, 0.29) is 47.8 Å². The molecule has 3 saturated carbocycles. The third-order valence-corrected chi connectivity index (χ3v) is 11.2. The van der Waals surface area contributed by atoms with Gasteiger partial charge in [0.2, 0.25) is 5.78 Å². The van der Waals surface area contributed by atoms with E-state index in [9.17, 15) is 19.5 Å². The van der Waals surface area contributed by atoms with E-state index in [0.29, 0.717) is 12.8 Å². The number of allylic oxidation sites excluding steroid dienone is 6. The molecule has 0 aromatic rings. The summed E-state index contributed by atoms with van der Waals surface area (Å²) < 4.78 is 19.0. The number of rotatable bonds is 5. The highest BCUT2D eigenvalue weighted by Gasteiger charge is 2.76. The van der Waals surface area contributed by atoms with Gasteiger partial charge in [-0.1, -0.05) is 51.5 Å². The van der Waals surface area contributed by atoms with Crippen molar-refractivity contribution in [3.05, 3.63) is 36.0 Å². The summed E-state index contributed by atoms with van der Waals surface area (Å²) in [6.07, 6.45) is 13.5. The molecule has 1 aliphatic heterocycles. The maximum atomic E-state index is 14.2. The van der Waals surface area contributed by atoms with Crippen LogP contribution in [0.2, 0.25) is 0 Å². The third-order valence-electron chi connectivity index (χ3n) is 11.2. The Morgan fingerprint density at radius 2 is 2.00 bits per heavy atom. The normalized spacial score (nSPS) is 46.3. The lowest BCUT2D eigenvalue weighted by Gasteiger charge is -2.59. The summed E-state index contributed by atoms with van der Waals surface area (Å²) in [4.78, 5) is 38.7. The number of hydrogen-bond acceptors (Lipinski definition) is 7. The van der Waals surface area contributed by atoms with Gasteiger partial charge in [-0.3, -0.25) is 14.4 Å². The van der Waals surface area contributed by atoms with Crippen molar-refractivity contribution in [3.63, 3.8) is 0 Å². The van der Waals surface area contributed by atoms with Gasteiger partial charge in [0.1, 0.15) is 0 Å². The predicted molar refractivity (Wildman–Crippen MR) is 143 cm³/mol. The Morgan fingerprint density at radius 3 is 2.72 bits per heavy atom. The first-order valence-corrected chi connectivity index (χ1v) is 14.8. The molecule has 7 heteroatoms. The van der Waals surface area contributed by atoms with E-state index < -0.39 is 40.9 Å². The van der Waals surface area contributed by atoms with Gasteiger partial charge in [0.25, 0.3) is 0 Å². The monoisotopic (exact) mass is 538 g/mol. The molecule has 6 aliphatic rings. The number of esters is 1. The van der Waals surface area contributed by atoms with Crippen molar-refractivity contribution in [1.29, 1.82) is 0 Å². The largest absolute Gasteiger partial charge is 0.457 e. The van der Waals surface area contributed by atoms with Gasteiger partial charge in [-0.05, 0) is 68.9 Å². The Labute approximate surface area is 231 Å². The topological polar surface area (TPSA) is 99.1 Å². The molecule has 10 atom stereocenters. The minimum Gasteiger partial charge on any atom is -0.457 e. The number of aliphatic hydroxyl groups excluding tert-OH is 1. The summed E-state index contributed by atoms with van der Waals surface area (Å²) in [5, 5.41) is 11.9. The van der Waals surface area contributed by atoms with Gasteiger partial charge >= 0.3 is 5.97 Å². The van der Waals surface area contributed by atoms with E-state index in [1.54, 1.807) is 26.0 Å². The lowest BCUT2D eigenvalue weighted by Crippen LogP contribution is -2.63. The van der Waals surface area contributed by atoms with Gasteiger partial charge in [-0.2, -0.15) is 0 Å². The zero-order valence-electron chi connectivity index (χ0n) is 23.6. The number of carbonyl (C=O) groups excluding carboxylic acids is 3. The average Bonchev–Trinajstić information content (AvgIpc) is 3.41. The fraction of sp³-hybridized carbons (Fsp3) is 0.719. The Bertz CT molecular complexity index is 1150. The minimum absolute atomic E-state index is 0.0114. The van der Waals surface area contributed by atoms with Crippen LogP contribution in [0.5, 0.6) is 0 Å². The van der Waals surface area contributed by atoms with E-state index in [2.05, 4.69) is 26.0 Å². The molecule has 0 radical (unpaired) electrons. The van der Waals surface area contributed by atoms with Gasteiger partial charge in [0.15, 0.2) is 24.3 Å². The Balaban J connectivity index is 1.36. The first-order chi connectivity index (χ1) is 18.5. The maximum absolute atomic E-state index is 14.2. The van der Waals surface area contributed by atoms with Gasteiger partial charge < -0.3 is 19.3 Å². The molecular weight excluding hydrogens is 496 g/mol. The molecular formula is C32H42O7. The highest BCUT2D eigenvalue weighted by Crippen LogP contribution is 2.70. The number of fused-ring (bicyclic) bond motifs is 7. The summed E-state index contributed by atoms with van der Waals surface area (Å²) in [7, 11) is 0. The van der Waals surface area contributed by atoms with Gasteiger partial charge in [0.05, 0.1) is 18.1 Å². The molecule has 0 unspecified atom stereocenters. The van der Waals surface area contributed by atoms with Crippen molar-refractivity contribution < 1.29 is 33.7 Å². The number of carbonyl (C=O) groups is 3. The van der Waals surface area contributed by atoms with Crippen molar-refractivity contribution in [2.45, 2.75) is 96.7 Å². The zero-order chi connectivity index (χ0) is 27.7. The summed E-state index contributed by atoms with van der Waals surface area (Å²) in [5.41, 5.74) is -1.24. The number of aliphatic hydroxyl groups is 1. The second-order valence-corrected chi connectivity index (χ2v) is 13.5. The van der Waals surface area contributed by atoms with E-state index in [0.717, 1.165) is 37.7 Å². The molecule has 39 heavy (non-hydrogen) atoms. The first kappa shape index (κ1) is 27.1. The highest BCUT2D eigenvalue weighted by molar-refractivity contribution is 6.01. The number of ketones is 2. The van der Waals surface area contributed by atoms with Gasteiger partial charge in [-0.25, -0.2) is 0 Å². The van der Waals surface area contributed by atoms with Crippen molar-refractivity contribution >= 4 is 17.5 Å². The number of Topliss-reactive ketones (excluding diaryl/α,β-unsaturated/α-hetero) is 1. The summed E-state index contributed by atoms with van der Waals surface area (Å²) in [6, 6.07) is 0. The van der Waals surface area contributed by atoms with Crippen LogP contribution in [0.25, 0.3) is 0 Å². The van der Waals surface area contributed by atoms with E-state index in [4.69, 9.17) is 14.2 Å². The molecule has 0 bridgehead atoms. The molecule has 0 spiro atoms. The van der Waals surface area contributed by atoms with E-state index in [1.165, 1.54) is 0 Å². The standard InChI is InChI=1S/C32H42O7/c1-18(2)28(36)37-17-25(35)32-26(38-29(39-32)19-8-6-5-7-9-19)15-23-22-11-10-20-14-21(33)12-13-30(20,3)27(22)24(34)16-31(23,32)4/h5-6,12-14,18-19,22-24,26-27,29,34H,7-11,15-17H2,1-4H3/t19-,22+,23+,24+,26-,27-,29-,30+,31+,32-/m1/s1. The molecule has 5 aliphatic carbocycles. The second kappa shape index (κ2) is 9.49. The fourth-order valence-corrected chi connectivity index (χ4v) is 9.28. The molecule has 7 nitrogen and oxygen atoms in total. The molecule has 4 fully saturated rings. The molecule has 0 amide bonds.